The molecule has 15 bridgehead atoms. The number of hydrogen-bond donors (Lipinski definition) is 14. The van der Waals surface area contributed by atoms with Gasteiger partial charge in [-0.25, -0.2) is 9.59 Å². The normalized spacial score (nSPS) is 26.9. The predicted molar refractivity (Wildman–Crippen MR) is 452 cm³/mol. The molecule has 0 aromatic heterocycles. The number of nitrogens with zero attached hydrogens (tertiary/aromatic N) is 1. The van der Waals surface area contributed by atoms with Crippen LogP contribution in [0.25, 0.3) is 11.1 Å². The molecule has 14 atom stereocenters. The molecule has 5 aromatic carbocycles. The molecule has 6 aliphatic heterocycles. The molecule has 0 spiro atoms. The number of amides is 8. The third-order valence-electron chi connectivity index (χ3n) is 24.4. The van der Waals surface area contributed by atoms with Crippen LogP contribution in [0.5, 0.6) is 46.0 Å². The number of ketones is 3. The van der Waals surface area contributed by atoms with Gasteiger partial charge in [0.15, 0.2) is 28.8 Å². The van der Waals surface area contributed by atoms with E-state index in [0.717, 1.165) is 105 Å². The number of benzene rings is 5. The number of urea groups is 1. The highest BCUT2D eigenvalue weighted by atomic mass is 35.5. The largest absolute Gasteiger partial charge is 0.508 e. The van der Waals surface area contributed by atoms with Crippen molar-refractivity contribution in [2.45, 2.75) is 262 Å². The number of rotatable bonds is 21. The number of imide groups is 1. The number of carbonyl (C=O) groups excluding carboxylic acids is 11. The maximum atomic E-state index is 16.7. The van der Waals surface area contributed by atoms with Crippen molar-refractivity contribution in [3.63, 3.8) is 0 Å². The zero-order valence-corrected chi connectivity index (χ0v) is 73.0. The zero-order chi connectivity index (χ0) is 90.7. The van der Waals surface area contributed by atoms with Crippen LogP contribution in [0.2, 0.25) is 10.0 Å². The number of aromatic hydroxyl groups is 3. The number of halogens is 2. The molecule has 10 aliphatic rings. The van der Waals surface area contributed by atoms with E-state index < -0.39 is 227 Å². The third kappa shape index (κ3) is 22.4. The highest BCUT2D eigenvalue weighted by Crippen LogP contribution is 2.58. The minimum atomic E-state index is -2.27. The van der Waals surface area contributed by atoms with Gasteiger partial charge in [-0.2, -0.15) is 0 Å². The van der Waals surface area contributed by atoms with Gasteiger partial charge in [-0.3, -0.25) is 53.4 Å². The molecule has 4 aliphatic carbocycles. The van der Waals surface area contributed by atoms with Crippen molar-refractivity contribution in [3.05, 3.63) is 117 Å². The molecule has 32 nitrogen and oxygen atoms in total. The van der Waals surface area contributed by atoms with Crippen molar-refractivity contribution in [1.82, 2.24) is 36.8 Å². The summed E-state index contributed by atoms with van der Waals surface area (Å²) in [6, 6.07) is 4.15. The van der Waals surface area contributed by atoms with Gasteiger partial charge in [-0.15, -0.1) is 0 Å². The first kappa shape index (κ1) is 94.0. The number of nitrogens with one attached hydrogen (secondary N) is 6. The molecule has 34 heteroatoms. The Morgan fingerprint density at radius 3 is 1.86 bits per heavy atom. The van der Waals surface area contributed by atoms with E-state index in [1.54, 1.807) is 55.4 Å². The molecule has 14 N–H and O–H groups in total. The third-order valence-corrected chi connectivity index (χ3v) is 25.0. The average molecular weight is 1780 g/mol. The van der Waals surface area contributed by atoms with Crippen molar-refractivity contribution >= 4 is 88.2 Å². The van der Waals surface area contributed by atoms with Crippen molar-refractivity contribution in [3.8, 4) is 57.1 Å². The van der Waals surface area contributed by atoms with Crippen molar-refractivity contribution in [1.29, 1.82) is 0 Å². The number of likely N-dealkylation sites (N-methyl/N-ethyl adjacent to an activating group) is 1. The molecule has 125 heavy (non-hydrogen) atoms. The fourth-order valence-electron chi connectivity index (χ4n) is 18.4. The fourth-order valence-corrected chi connectivity index (χ4v) is 18.9. The van der Waals surface area contributed by atoms with Crippen LogP contribution in [-0.2, 0) is 57.4 Å². The Balaban J connectivity index is 1.05. The summed E-state index contributed by atoms with van der Waals surface area (Å²) in [6.07, 6.45) is -10.6. The van der Waals surface area contributed by atoms with E-state index in [0.29, 0.717) is 18.3 Å². The van der Waals surface area contributed by atoms with E-state index in [1.807, 2.05) is 6.92 Å². The van der Waals surface area contributed by atoms with Crippen LogP contribution >= 0.6 is 23.2 Å². The minimum Gasteiger partial charge on any atom is -0.508 e. The maximum absolute atomic E-state index is 16.7. The minimum absolute atomic E-state index is 0.0555. The van der Waals surface area contributed by atoms with Crippen LogP contribution in [0, 0.1) is 41.4 Å². The quantitative estimate of drug-likeness (QED) is 0.0240. The van der Waals surface area contributed by atoms with E-state index in [4.69, 9.17) is 51.6 Å². The number of aliphatic hydroxyl groups is 5. The number of fused-ring (bicyclic) bond motifs is 15. The standard InChI is InChI=1S/C91H113Cl2N7O25/c1-11-12-13-14-15-24-94-88(118)95-70(107)37-51-34-62(104)75(98-85(116)59(25-42(2)3)100(10)89(119)125-91(7,8)9)77(109)46-17-20-65(57(92)32-46)120-68-35-50-36-69(82(68)123-87-81(113)80(112)79(111)67(122-87)22-23-71(108)124-90(4,5)6)121-66-21-18-47(33-58(66)93)78(110)76-86(117)97-74(64(106)40-53-48-27-43-26-44(29-48)30-49(53)28-43)56-38-52(101)39-61(103)72(56)55-31-45(16-19-60(55)102)54(84(115)99-76)41-63(105)73(50)96-83(51)114/h16-21,31-33,35-36,38-39,42-44,48-49,51,53-54,59,67,73-81,87,101-103,109-113H,11-15,22-30,34,37,40-41H2,1-10H3,(H,96,114)(H,97,117)(H,98,116)(H,99,115)(H2,94,95,107,118)/t43?,44?,48?,49?,51-,53?,54+,59+,67+,73?,74-,75-,76-,77+,78+,79+,80-,81+,87-/m0/s1. The zero-order valence-electron chi connectivity index (χ0n) is 71.5. The lowest BCUT2D eigenvalue weighted by molar-refractivity contribution is -0.273. The SMILES string of the molecule is CCCCCCCNC(=O)NC(=O)C[C@@H]1CC(=O)[C@H](NC(=O)[C@@H](CC(C)C)N(C)C(=O)OC(C)(C)C)[C@H](O)c2ccc(c(Cl)c2)Oc2cc3cc(c2O[C@@H]2O[C@H](CCC(=O)OC(C)(C)C)[C@@H](O)[C@H](O)[C@H]2O)Oc2ccc(cc2Cl)[C@@H](O)[C@@H]2NC(=O)[C@H](CC(=O)C3NC1=O)c1ccc(O)c(c1)-c1c(O)cc(O)cc1[C@@H](C(=O)CC1C3CC4CC(C3)CC1C4)NC2=O. The molecule has 0 radical (unpaired) electrons. The molecular weight excluding hydrogens is 1660 g/mol. The maximum Gasteiger partial charge on any atom is 0.410 e. The van der Waals surface area contributed by atoms with Gasteiger partial charge in [0.1, 0.15) is 101 Å². The molecule has 5 aromatic rings. The molecule has 5 fully saturated rings. The molecule has 15 rings (SSSR count). The van der Waals surface area contributed by atoms with Crippen LogP contribution in [0.3, 0.4) is 0 Å². The van der Waals surface area contributed by atoms with Crippen LogP contribution in [-0.4, -0.2) is 184 Å². The number of ether oxygens (including phenoxy) is 6. The number of unbranched alkanes of at least 4 members (excludes halogenated alkanes) is 4. The summed E-state index contributed by atoms with van der Waals surface area (Å²) in [6.45, 7) is 15.3. The summed E-state index contributed by atoms with van der Waals surface area (Å²) in [5.74, 6) is -17.2. The highest BCUT2D eigenvalue weighted by Gasteiger charge is 2.52. The van der Waals surface area contributed by atoms with Gasteiger partial charge in [-0.1, -0.05) is 87.9 Å². The number of aliphatic hydroxyl groups excluding tert-OH is 5. The lowest BCUT2D eigenvalue weighted by atomic mass is 9.51. The molecule has 676 valence electrons. The molecule has 1 unspecified atom stereocenters. The number of phenols is 3. The number of esters is 1. The van der Waals surface area contributed by atoms with Crippen LogP contribution in [0.15, 0.2) is 78.9 Å². The van der Waals surface area contributed by atoms with Gasteiger partial charge in [0.2, 0.25) is 41.6 Å². The summed E-state index contributed by atoms with van der Waals surface area (Å²) < 4.78 is 37.5. The summed E-state index contributed by atoms with van der Waals surface area (Å²) in [5, 5.41) is 111. The molecule has 6 heterocycles. The Hall–Kier alpha value is -10.2. The summed E-state index contributed by atoms with van der Waals surface area (Å²) in [7, 11) is 1.29. The van der Waals surface area contributed by atoms with E-state index >= 15 is 33.6 Å². The van der Waals surface area contributed by atoms with Crippen molar-refractivity contribution in [2.24, 2.45) is 41.4 Å². The van der Waals surface area contributed by atoms with Gasteiger partial charge < -0.3 is 95.9 Å². The van der Waals surface area contributed by atoms with Gasteiger partial charge >= 0.3 is 18.1 Å². The Morgan fingerprint density at radius 1 is 0.632 bits per heavy atom. The number of hydrogen-bond acceptors (Lipinski definition) is 25. The fraction of sp³-hybridized carbons (Fsp3) is 0.549. The molecule has 8 amide bonds. The Morgan fingerprint density at radius 2 is 1.25 bits per heavy atom. The molecule has 1 saturated heterocycles. The van der Waals surface area contributed by atoms with Gasteiger partial charge in [-0.05, 0) is 211 Å². The lowest BCUT2D eigenvalue weighted by Crippen LogP contribution is -2.59. The Kier molecular flexibility index (Phi) is 29.6. The lowest BCUT2D eigenvalue weighted by Gasteiger charge is -2.54. The van der Waals surface area contributed by atoms with E-state index in [1.165, 1.54) is 43.4 Å². The smallest absolute Gasteiger partial charge is 0.410 e. The second kappa shape index (κ2) is 39.4. The van der Waals surface area contributed by atoms with Crippen LogP contribution in [0.1, 0.15) is 229 Å². The molecular formula is C91H113Cl2N7O25. The second-order valence-corrected chi connectivity index (χ2v) is 37.5. The summed E-state index contributed by atoms with van der Waals surface area (Å²) >= 11 is 14.5. The van der Waals surface area contributed by atoms with Crippen LogP contribution in [0.4, 0.5) is 9.59 Å². The van der Waals surface area contributed by atoms with E-state index in [2.05, 4.69) is 31.9 Å². The Labute approximate surface area is 733 Å². The van der Waals surface area contributed by atoms with E-state index in [-0.39, 0.29) is 104 Å². The van der Waals surface area contributed by atoms with E-state index in [9.17, 15) is 60.0 Å². The van der Waals surface area contributed by atoms with Gasteiger partial charge in [0.25, 0.3) is 0 Å². The van der Waals surface area contributed by atoms with Crippen LogP contribution < -0.4 is 46.1 Å². The summed E-state index contributed by atoms with van der Waals surface area (Å²) in [5.41, 5.74) is -3.83. The first-order valence-corrected chi connectivity index (χ1v) is 43.5. The van der Waals surface area contributed by atoms with Crippen molar-refractivity contribution < 1.29 is 122 Å². The monoisotopic (exact) mass is 1770 g/mol. The highest BCUT2D eigenvalue weighted by molar-refractivity contribution is 6.32. The van der Waals surface area contributed by atoms with Gasteiger partial charge in [0.05, 0.1) is 28.0 Å². The predicted octanol–water partition coefficient (Wildman–Crippen LogP) is 10.9. The topological polar surface area (TPSA) is 480 Å². The van der Waals surface area contributed by atoms with Crippen molar-refractivity contribution in [2.75, 3.05) is 13.6 Å². The number of phenolic OH excluding ortho intramolecular Hbond substituents is 3. The number of Topliss-reactive ketones (excluding diaryl/α,β-unsaturated/α-hetero) is 3. The summed E-state index contributed by atoms with van der Waals surface area (Å²) in [4.78, 5) is 168. The molecule has 4 saturated carbocycles. The second-order valence-electron chi connectivity index (χ2n) is 36.7. The first-order chi connectivity index (χ1) is 59.0. The van der Waals surface area contributed by atoms with Gasteiger partial charge in [0, 0.05) is 62.9 Å². The number of carbonyl (C=O) groups is 11. The Bertz CT molecular complexity index is 4900. The first-order valence-electron chi connectivity index (χ1n) is 42.8. The average Bonchev–Trinajstić information content (AvgIpc) is 0.766.